The first kappa shape index (κ1) is 14.6. The quantitative estimate of drug-likeness (QED) is 0.650. The summed E-state index contributed by atoms with van der Waals surface area (Å²) in [6, 6.07) is 12.8. The third-order valence-electron chi connectivity index (χ3n) is 3.73. The molecule has 0 amide bonds. The van der Waals surface area contributed by atoms with Gasteiger partial charge in [0.25, 0.3) is 0 Å². The van der Waals surface area contributed by atoms with Gasteiger partial charge in [0.15, 0.2) is 0 Å². The minimum atomic E-state index is 0.354. The number of rotatable bonds is 5. The zero-order valence-corrected chi connectivity index (χ0v) is 13.8. The first-order valence-electron chi connectivity index (χ1n) is 7.18. The van der Waals surface area contributed by atoms with Crippen molar-refractivity contribution in [2.45, 2.75) is 26.4 Å². The summed E-state index contributed by atoms with van der Waals surface area (Å²) in [6.07, 6.45) is 0. The number of nitrogens with one attached hydrogen (secondary N) is 2. The number of benzene rings is 1. The van der Waals surface area contributed by atoms with Gasteiger partial charge >= 0.3 is 0 Å². The summed E-state index contributed by atoms with van der Waals surface area (Å²) < 4.78 is 0. The third kappa shape index (κ3) is 3.00. The molecule has 1 unspecified atom stereocenters. The third-order valence-corrected chi connectivity index (χ3v) is 5.12. The maximum atomic E-state index is 6.48. The lowest BCUT2D eigenvalue weighted by Crippen LogP contribution is -2.24. The van der Waals surface area contributed by atoms with Crippen molar-refractivity contribution in [3.8, 4) is 0 Å². The molecule has 110 valence electrons. The Morgan fingerprint density at radius 3 is 2.67 bits per heavy atom. The number of aromatic amines is 1. The monoisotopic (exact) mass is 318 g/mol. The predicted molar refractivity (Wildman–Crippen MR) is 92.0 cm³/mol. The normalized spacial score (nSPS) is 13.1. The average molecular weight is 319 g/mol. The van der Waals surface area contributed by atoms with Crippen LogP contribution in [0.3, 0.4) is 0 Å². The van der Waals surface area contributed by atoms with E-state index in [0.29, 0.717) is 12.0 Å². The first-order chi connectivity index (χ1) is 10.2. The summed E-state index contributed by atoms with van der Waals surface area (Å²) in [5.74, 6) is 0.534. The van der Waals surface area contributed by atoms with Crippen LogP contribution in [0.25, 0.3) is 10.9 Å². The van der Waals surface area contributed by atoms with E-state index < -0.39 is 0 Å². The molecule has 1 aromatic carbocycles. The van der Waals surface area contributed by atoms with Crippen molar-refractivity contribution in [1.82, 2.24) is 10.3 Å². The minimum Gasteiger partial charge on any atom is -0.356 e. The smallest absolute Gasteiger partial charge is 0.0705 e. The fraction of sp³-hybridized carbons (Fsp3) is 0.294. The fourth-order valence-electron chi connectivity index (χ4n) is 2.63. The van der Waals surface area contributed by atoms with E-state index in [9.17, 15) is 0 Å². The molecule has 0 saturated carbocycles. The van der Waals surface area contributed by atoms with E-state index in [1.165, 1.54) is 4.88 Å². The number of H-pyrrole nitrogens is 1. The van der Waals surface area contributed by atoms with Crippen molar-refractivity contribution in [2.24, 2.45) is 5.92 Å². The van der Waals surface area contributed by atoms with Crippen LogP contribution in [-0.4, -0.2) is 4.98 Å². The predicted octanol–water partition coefficient (Wildman–Crippen LogP) is 5.37. The van der Waals surface area contributed by atoms with Crippen LogP contribution >= 0.6 is 22.9 Å². The second kappa shape index (κ2) is 6.22. The zero-order valence-electron chi connectivity index (χ0n) is 12.2. The highest BCUT2D eigenvalue weighted by Crippen LogP contribution is 2.29. The number of aromatic nitrogens is 1. The van der Waals surface area contributed by atoms with E-state index in [2.05, 4.69) is 53.8 Å². The Hall–Kier alpha value is -1.29. The fourth-order valence-corrected chi connectivity index (χ4v) is 3.88. The molecule has 2 N–H and O–H groups in total. The van der Waals surface area contributed by atoms with Gasteiger partial charge in [-0.3, -0.25) is 0 Å². The van der Waals surface area contributed by atoms with E-state index in [0.717, 1.165) is 28.2 Å². The van der Waals surface area contributed by atoms with E-state index in [4.69, 9.17) is 11.6 Å². The molecule has 2 heterocycles. The molecule has 3 aromatic rings. The molecule has 0 bridgehead atoms. The lowest BCUT2D eigenvalue weighted by molar-refractivity contribution is 0.415. The van der Waals surface area contributed by atoms with Crippen LogP contribution in [0.4, 0.5) is 0 Å². The molecule has 0 aliphatic rings. The van der Waals surface area contributed by atoms with Gasteiger partial charge in [-0.2, -0.15) is 0 Å². The lowest BCUT2D eigenvalue weighted by Gasteiger charge is -2.21. The van der Waals surface area contributed by atoms with Crippen molar-refractivity contribution < 1.29 is 0 Å². The minimum absolute atomic E-state index is 0.354. The Labute approximate surface area is 134 Å². The standard InChI is InChI=1S/C17H19ClN2S/c1-11(2)17(15-8-5-9-21-15)19-10-14-16(18)12-6-3-4-7-13(12)20-14/h3-9,11,17,19-20H,10H2,1-2H3. The van der Waals surface area contributed by atoms with Gasteiger partial charge in [-0.15, -0.1) is 11.3 Å². The van der Waals surface area contributed by atoms with Crippen LogP contribution in [0.2, 0.25) is 5.02 Å². The molecule has 3 rings (SSSR count). The molecule has 4 heteroatoms. The van der Waals surface area contributed by atoms with Crippen LogP contribution in [0, 0.1) is 5.92 Å². The Kier molecular flexibility index (Phi) is 4.34. The molecular formula is C17H19ClN2S. The summed E-state index contributed by atoms with van der Waals surface area (Å²) in [5.41, 5.74) is 2.15. The number of hydrogen-bond acceptors (Lipinski definition) is 2. The van der Waals surface area contributed by atoms with Crippen molar-refractivity contribution in [2.75, 3.05) is 0 Å². The maximum absolute atomic E-state index is 6.48. The Morgan fingerprint density at radius 2 is 2.00 bits per heavy atom. The highest BCUT2D eigenvalue weighted by Gasteiger charge is 2.17. The van der Waals surface area contributed by atoms with Crippen molar-refractivity contribution >= 4 is 33.8 Å². The largest absolute Gasteiger partial charge is 0.356 e. The number of thiophene rings is 1. The summed E-state index contributed by atoms with van der Waals surface area (Å²) in [5, 5.41) is 7.68. The highest BCUT2D eigenvalue weighted by atomic mass is 35.5. The number of hydrogen-bond donors (Lipinski definition) is 2. The zero-order chi connectivity index (χ0) is 14.8. The topological polar surface area (TPSA) is 27.8 Å². The van der Waals surface area contributed by atoms with Crippen LogP contribution in [-0.2, 0) is 6.54 Å². The molecule has 0 radical (unpaired) electrons. The summed E-state index contributed by atoms with van der Waals surface area (Å²) in [4.78, 5) is 4.78. The molecule has 0 spiro atoms. The van der Waals surface area contributed by atoms with Crippen LogP contribution in [0.5, 0.6) is 0 Å². The SMILES string of the molecule is CC(C)C(NCc1[nH]c2ccccc2c1Cl)c1cccs1. The molecule has 2 aromatic heterocycles. The molecule has 0 aliphatic heterocycles. The van der Waals surface area contributed by atoms with Gasteiger partial charge in [0.2, 0.25) is 0 Å². The number of para-hydroxylation sites is 1. The van der Waals surface area contributed by atoms with E-state index >= 15 is 0 Å². The second-order valence-corrected chi connectivity index (χ2v) is 6.94. The molecule has 0 aliphatic carbocycles. The van der Waals surface area contributed by atoms with Gasteiger partial charge in [0.05, 0.1) is 5.02 Å². The maximum Gasteiger partial charge on any atom is 0.0705 e. The van der Waals surface area contributed by atoms with Crippen molar-refractivity contribution in [3.63, 3.8) is 0 Å². The van der Waals surface area contributed by atoms with Gasteiger partial charge in [-0.05, 0) is 23.4 Å². The second-order valence-electron chi connectivity index (χ2n) is 5.58. The van der Waals surface area contributed by atoms with Gasteiger partial charge in [-0.25, -0.2) is 0 Å². The van der Waals surface area contributed by atoms with Gasteiger partial charge in [-0.1, -0.05) is 49.7 Å². The molecule has 21 heavy (non-hydrogen) atoms. The van der Waals surface area contributed by atoms with E-state index in [1.54, 1.807) is 11.3 Å². The lowest BCUT2D eigenvalue weighted by atomic mass is 10.0. The molecule has 0 fully saturated rings. The number of fused-ring (bicyclic) bond motifs is 1. The summed E-state index contributed by atoms with van der Waals surface area (Å²) in [6.45, 7) is 5.22. The molecule has 2 nitrogen and oxygen atoms in total. The summed E-state index contributed by atoms with van der Waals surface area (Å²) >= 11 is 8.27. The van der Waals surface area contributed by atoms with E-state index in [1.807, 2.05) is 12.1 Å². The van der Waals surface area contributed by atoms with E-state index in [-0.39, 0.29) is 0 Å². The van der Waals surface area contributed by atoms with Gasteiger partial charge < -0.3 is 10.3 Å². The highest BCUT2D eigenvalue weighted by molar-refractivity contribution is 7.10. The van der Waals surface area contributed by atoms with Gasteiger partial charge in [0, 0.05) is 34.1 Å². The molecule has 1 atom stereocenters. The van der Waals surface area contributed by atoms with Crippen molar-refractivity contribution in [1.29, 1.82) is 0 Å². The van der Waals surface area contributed by atoms with Crippen molar-refractivity contribution in [3.05, 3.63) is 57.4 Å². The molecule has 0 saturated heterocycles. The molecular weight excluding hydrogens is 300 g/mol. The van der Waals surface area contributed by atoms with Gasteiger partial charge in [0.1, 0.15) is 0 Å². The Morgan fingerprint density at radius 1 is 1.19 bits per heavy atom. The Balaban J connectivity index is 1.80. The average Bonchev–Trinajstić information content (AvgIpc) is 3.09. The summed E-state index contributed by atoms with van der Waals surface area (Å²) in [7, 11) is 0. The van der Waals surface area contributed by atoms with Crippen LogP contribution in [0.1, 0.15) is 30.5 Å². The van der Waals surface area contributed by atoms with Crippen LogP contribution in [0.15, 0.2) is 41.8 Å². The van der Waals surface area contributed by atoms with Crippen LogP contribution < -0.4 is 5.32 Å². The first-order valence-corrected chi connectivity index (χ1v) is 8.44. The Bertz CT molecular complexity index is 716. The number of halogens is 1.